The molecule has 2 nitrogen and oxygen atoms in total. The zero-order chi connectivity index (χ0) is 12.8. The van der Waals surface area contributed by atoms with Crippen LogP contribution in [0.4, 0.5) is 0 Å². The first kappa shape index (κ1) is 13.2. The van der Waals surface area contributed by atoms with Crippen molar-refractivity contribution < 1.29 is 4.74 Å². The van der Waals surface area contributed by atoms with Gasteiger partial charge in [0.05, 0.1) is 6.61 Å². The van der Waals surface area contributed by atoms with Crippen molar-refractivity contribution in [3.8, 4) is 5.75 Å². The van der Waals surface area contributed by atoms with E-state index >= 15 is 0 Å². The molecule has 98 valence electrons. The lowest BCUT2D eigenvalue weighted by Crippen LogP contribution is -2.16. The van der Waals surface area contributed by atoms with Crippen LogP contribution in [0.1, 0.15) is 36.8 Å². The van der Waals surface area contributed by atoms with Gasteiger partial charge in [0.25, 0.3) is 0 Å². The van der Waals surface area contributed by atoms with E-state index in [0.717, 1.165) is 37.8 Å². The Morgan fingerprint density at radius 1 is 1.44 bits per heavy atom. The molecular weight excluding hydrogens is 222 g/mol. The highest BCUT2D eigenvalue weighted by molar-refractivity contribution is 5.40. The van der Waals surface area contributed by atoms with E-state index in [-0.39, 0.29) is 0 Å². The summed E-state index contributed by atoms with van der Waals surface area (Å²) in [6.07, 6.45) is 6.63. The van der Waals surface area contributed by atoms with Gasteiger partial charge < -0.3 is 10.1 Å². The second-order valence-electron chi connectivity index (χ2n) is 5.00. The Balaban J connectivity index is 1.93. The summed E-state index contributed by atoms with van der Waals surface area (Å²) < 4.78 is 5.93. The molecule has 0 atom stereocenters. The predicted molar refractivity (Wildman–Crippen MR) is 76.0 cm³/mol. The summed E-state index contributed by atoms with van der Waals surface area (Å²) >= 11 is 0. The summed E-state index contributed by atoms with van der Waals surface area (Å²) in [7, 11) is 0. The highest BCUT2D eigenvalue weighted by Crippen LogP contribution is 2.25. The molecule has 1 saturated carbocycles. The van der Waals surface area contributed by atoms with Crippen molar-refractivity contribution in [3.05, 3.63) is 42.0 Å². The fraction of sp³-hybridized carbons (Fsp3) is 0.500. The largest absolute Gasteiger partial charge is 0.493 e. The number of aryl methyl sites for hydroxylation is 1. The highest BCUT2D eigenvalue weighted by atomic mass is 16.5. The van der Waals surface area contributed by atoms with Gasteiger partial charge in [0.2, 0.25) is 0 Å². The Kier molecular flexibility index (Phi) is 4.82. The molecule has 1 N–H and O–H groups in total. The molecule has 1 aliphatic carbocycles. The average molecular weight is 245 g/mol. The molecule has 2 rings (SSSR count). The number of benzene rings is 1. The van der Waals surface area contributed by atoms with Crippen LogP contribution in [-0.4, -0.2) is 12.6 Å². The lowest BCUT2D eigenvalue weighted by atomic mass is 10.1. The van der Waals surface area contributed by atoms with E-state index in [9.17, 15) is 0 Å². The van der Waals surface area contributed by atoms with E-state index in [1.807, 2.05) is 6.08 Å². The Labute approximate surface area is 110 Å². The van der Waals surface area contributed by atoms with E-state index in [1.54, 1.807) is 0 Å². The molecule has 18 heavy (non-hydrogen) atoms. The van der Waals surface area contributed by atoms with Crippen molar-refractivity contribution in [1.82, 2.24) is 5.32 Å². The van der Waals surface area contributed by atoms with Crippen LogP contribution >= 0.6 is 0 Å². The molecule has 0 aromatic heterocycles. The van der Waals surface area contributed by atoms with Crippen LogP contribution in [-0.2, 0) is 6.54 Å². The van der Waals surface area contributed by atoms with Gasteiger partial charge in [0.1, 0.15) is 5.75 Å². The number of allylic oxidation sites excluding steroid dienone is 1. The molecule has 0 saturated heterocycles. The molecular formula is C16H23NO. The zero-order valence-corrected chi connectivity index (χ0v) is 11.2. The van der Waals surface area contributed by atoms with Gasteiger partial charge in [0.15, 0.2) is 0 Å². The summed E-state index contributed by atoms with van der Waals surface area (Å²) in [6.45, 7) is 7.54. The lowest BCUT2D eigenvalue weighted by molar-refractivity contribution is 0.306. The number of unbranched alkanes of at least 4 members (excludes halogenated alkanes) is 1. The number of hydrogen-bond donors (Lipinski definition) is 1. The van der Waals surface area contributed by atoms with E-state index < -0.39 is 0 Å². The van der Waals surface area contributed by atoms with Crippen LogP contribution in [0.15, 0.2) is 30.9 Å². The summed E-state index contributed by atoms with van der Waals surface area (Å²) in [5.41, 5.74) is 2.50. The molecule has 0 spiro atoms. The van der Waals surface area contributed by atoms with Gasteiger partial charge in [0, 0.05) is 18.2 Å². The Morgan fingerprint density at radius 2 is 2.28 bits per heavy atom. The van der Waals surface area contributed by atoms with Gasteiger partial charge in [-0.05, 0) is 38.2 Å². The Bertz CT molecular complexity index is 396. The standard InChI is InChI=1S/C16H23NO/c1-3-4-5-11-18-16-13(2)7-6-8-14(16)12-17-15-9-10-15/h3,6-8,15,17H,1,4-5,9-12H2,2H3. The number of para-hydroxylation sites is 1. The first-order chi connectivity index (χ1) is 8.81. The molecule has 0 radical (unpaired) electrons. The van der Waals surface area contributed by atoms with Crippen molar-refractivity contribution >= 4 is 0 Å². The SMILES string of the molecule is C=CCCCOc1c(C)cccc1CNC1CC1. The van der Waals surface area contributed by atoms with Crippen molar-refractivity contribution in [2.24, 2.45) is 0 Å². The first-order valence-electron chi connectivity index (χ1n) is 6.87. The van der Waals surface area contributed by atoms with Crippen LogP contribution < -0.4 is 10.1 Å². The summed E-state index contributed by atoms with van der Waals surface area (Å²) in [4.78, 5) is 0. The van der Waals surface area contributed by atoms with Gasteiger partial charge >= 0.3 is 0 Å². The topological polar surface area (TPSA) is 21.3 Å². The maximum atomic E-state index is 5.93. The number of nitrogens with one attached hydrogen (secondary N) is 1. The molecule has 2 heteroatoms. The van der Waals surface area contributed by atoms with E-state index in [2.05, 4.69) is 37.0 Å². The van der Waals surface area contributed by atoms with Crippen LogP contribution in [0.3, 0.4) is 0 Å². The van der Waals surface area contributed by atoms with Gasteiger partial charge in [-0.1, -0.05) is 24.3 Å². The summed E-state index contributed by atoms with van der Waals surface area (Å²) in [5.74, 6) is 1.06. The van der Waals surface area contributed by atoms with Crippen molar-refractivity contribution in [1.29, 1.82) is 0 Å². The minimum absolute atomic E-state index is 0.735. The van der Waals surface area contributed by atoms with E-state index in [4.69, 9.17) is 4.74 Å². The Hall–Kier alpha value is -1.28. The highest BCUT2D eigenvalue weighted by Gasteiger charge is 2.20. The molecule has 1 aromatic carbocycles. The third-order valence-corrected chi connectivity index (χ3v) is 3.25. The third-order valence-electron chi connectivity index (χ3n) is 3.25. The fourth-order valence-corrected chi connectivity index (χ4v) is 2.00. The van der Waals surface area contributed by atoms with Crippen LogP contribution in [0.2, 0.25) is 0 Å². The third kappa shape index (κ3) is 3.88. The lowest BCUT2D eigenvalue weighted by Gasteiger charge is -2.14. The zero-order valence-electron chi connectivity index (χ0n) is 11.2. The van der Waals surface area contributed by atoms with Gasteiger partial charge in [-0.15, -0.1) is 6.58 Å². The molecule has 0 heterocycles. The second kappa shape index (κ2) is 6.60. The fourth-order valence-electron chi connectivity index (χ4n) is 2.00. The monoisotopic (exact) mass is 245 g/mol. The normalized spacial score (nSPS) is 14.5. The van der Waals surface area contributed by atoms with E-state index in [0.29, 0.717) is 0 Å². The van der Waals surface area contributed by atoms with Gasteiger partial charge in [-0.3, -0.25) is 0 Å². The number of hydrogen-bond acceptors (Lipinski definition) is 2. The molecule has 0 bridgehead atoms. The van der Waals surface area contributed by atoms with Gasteiger partial charge in [-0.2, -0.15) is 0 Å². The second-order valence-corrected chi connectivity index (χ2v) is 5.00. The number of rotatable bonds is 8. The van der Waals surface area contributed by atoms with E-state index in [1.165, 1.54) is 24.0 Å². The van der Waals surface area contributed by atoms with Crippen LogP contribution in [0.5, 0.6) is 5.75 Å². The quantitative estimate of drug-likeness (QED) is 0.558. The number of ether oxygens (including phenoxy) is 1. The van der Waals surface area contributed by atoms with Crippen molar-refractivity contribution in [2.75, 3.05) is 6.61 Å². The molecule has 1 aliphatic rings. The molecule has 0 aliphatic heterocycles. The first-order valence-corrected chi connectivity index (χ1v) is 6.87. The maximum absolute atomic E-state index is 5.93. The minimum atomic E-state index is 0.735. The van der Waals surface area contributed by atoms with Crippen molar-refractivity contribution in [2.45, 2.75) is 45.2 Å². The minimum Gasteiger partial charge on any atom is -0.493 e. The maximum Gasteiger partial charge on any atom is 0.126 e. The Morgan fingerprint density at radius 3 is 3.00 bits per heavy atom. The molecule has 1 aromatic rings. The molecule has 0 unspecified atom stereocenters. The molecule has 1 fully saturated rings. The van der Waals surface area contributed by atoms with Crippen LogP contribution in [0, 0.1) is 6.92 Å². The smallest absolute Gasteiger partial charge is 0.126 e. The summed E-state index contributed by atoms with van der Waals surface area (Å²) in [5, 5.41) is 3.55. The van der Waals surface area contributed by atoms with Crippen molar-refractivity contribution in [3.63, 3.8) is 0 Å². The van der Waals surface area contributed by atoms with Crippen LogP contribution in [0.25, 0.3) is 0 Å². The summed E-state index contributed by atoms with van der Waals surface area (Å²) in [6, 6.07) is 7.11. The predicted octanol–water partition coefficient (Wildman–Crippen LogP) is 3.59. The molecule has 0 amide bonds. The average Bonchev–Trinajstić information content (AvgIpc) is 3.18. The van der Waals surface area contributed by atoms with Gasteiger partial charge in [-0.25, -0.2) is 0 Å².